The van der Waals surface area contributed by atoms with E-state index in [4.69, 9.17) is 0 Å². The van der Waals surface area contributed by atoms with Crippen molar-refractivity contribution in [2.45, 2.75) is 235 Å². The van der Waals surface area contributed by atoms with Gasteiger partial charge in [0.1, 0.15) is 25.3 Å². The maximum absolute atomic E-state index is 15.9. The van der Waals surface area contributed by atoms with Gasteiger partial charge >= 0.3 is 109 Å². The zero-order valence-electron chi connectivity index (χ0n) is 58.8. The zero-order valence-corrected chi connectivity index (χ0v) is 58.8. The molecule has 18 nitrogen and oxygen atoms in total. The molecule has 0 spiro atoms. The van der Waals surface area contributed by atoms with E-state index in [-0.39, 0.29) is 0 Å². The van der Waals surface area contributed by atoms with Gasteiger partial charge in [0.2, 0.25) is 17.0 Å². The molecule has 123 heavy (non-hydrogen) atoms. The Balaban J connectivity index is 0.000000388. The molecule has 0 bridgehead atoms. The smallest absolute Gasteiger partial charge is 0.452 e. The number of fused-ring (bicyclic) bond motifs is 3. The predicted molar refractivity (Wildman–Crippen MR) is 283 cm³/mol. The van der Waals surface area contributed by atoms with Crippen molar-refractivity contribution in [2.75, 3.05) is 19.8 Å². The van der Waals surface area contributed by atoms with Crippen LogP contribution in [0.15, 0.2) is 0 Å². The molecule has 1 aromatic rings. The minimum absolute atomic E-state index is 0.394. The minimum atomic E-state index is -7.05. The predicted octanol–water partition coefficient (Wildman–Crippen LogP) is 16.7. The summed E-state index contributed by atoms with van der Waals surface area (Å²) in [5.74, 6) is -74.3. The van der Waals surface area contributed by atoms with Crippen LogP contribution in [-0.4, -0.2) is 237 Å². The number of hydrogen-bond acceptors (Lipinski definition) is 15. The first-order chi connectivity index (χ1) is 54.0. The Morgan fingerprint density at radius 2 is 0.675 bits per heavy atom. The van der Waals surface area contributed by atoms with E-state index in [0.29, 0.717) is 0 Å². The fraction of sp³-hybridized carbons (Fsp3) is 0.737. The van der Waals surface area contributed by atoms with Gasteiger partial charge in [0, 0.05) is 12.8 Å². The van der Waals surface area contributed by atoms with Crippen molar-refractivity contribution in [3.8, 4) is 0 Å². The van der Waals surface area contributed by atoms with Gasteiger partial charge < -0.3 is 14.2 Å². The number of hydrogen-bond donors (Lipinski definition) is 0. The first-order valence-corrected chi connectivity index (χ1v) is 31.4. The van der Waals surface area contributed by atoms with Crippen LogP contribution in [0.1, 0.15) is 106 Å². The Morgan fingerprint density at radius 1 is 0.374 bits per heavy atom. The van der Waals surface area contributed by atoms with Gasteiger partial charge in [-0.3, -0.25) is 52.8 Å². The molecule has 6 amide bonds. The summed E-state index contributed by atoms with van der Waals surface area (Å²) in [5, 5.41) is 0. The van der Waals surface area contributed by atoms with E-state index >= 15 is 22.0 Å². The molecule has 0 radical (unpaired) electrons. The van der Waals surface area contributed by atoms with Gasteiger partial charge in [0.15, 0.2) is 49.1 Å². The average Bonchev–Trinajstić information content (AvgIpc) is 1.50. The molecule has 4 fully saturated rings. The maximum Gasteiger partial charge on any atom is 0.452 e. The third-order valence-electron chi connectivity index (χ3n) is 17.4. The van der Waals surface area contributed by atoms with Crippen molar-refractivity contribution >= 4 is 53.4 Å². The highest BCUT2D eigenvalue weighted by Gasteiger charge is 2.90. The van der Waals surface area contributed by atoms with Gasteiger partial charge in [-0.05, 0) is 45.4 Å². The normalized spacial score (nSPS) is 25.5. The van der Waals surface area contributed by atoms with Crippen LogP contribution in [0.3, 0.4) is 0 Å². The molecule has 2 aliphatic carbocycles. The summed E-state index contributed by atoms with van der Waals surface area (Å²) in [5.41, 5.74) is -36.2. The molecule has 1 aromatic carbocycles. The van der Waals surface area contributed by atoms with Crippen molar-refractivity contribution < 1.29 is 282 Å². The summed E-state index contributed by atoms with van der Waals surface area (Å²) < 4.78 is 669. The highest BCUT2D eigenvalue weighted by molar-refractivity contribution is 6.23. The summed E-state index contributed by atoms with van der Waals surface area (Å²) in [6.45, 7) is -10.3. The molecule has 6 rings (SSSR count). The summed E-state index contributed by atoms with van der Waals surface area (Å²) in [6.07, 6.45) is -90.5. The van der Waals surface area contributed by atoms with E-state index < -0.39 is 349 Å². The molecule has 2 saturated heterocycles. The van der Waals surface area contributed by atoms with E-state index in [2.05, 4.69) is 28.4 Å². The van der Waals surface area contributed by atoms with Crippen molar-refractivity contribution in [3.05, 3.63) is 34.4 Å². The first-order valence-electron chi connectivity index (χ1n) is 31.4. The molecule has 10 unspecified atom stereocenters. The van der Waals surface area contributed by atoms with Crippen molar-refractivity contribution in [2.24, 2.45) is 5.92 Å². The van der Waals surface area contributed by atoms with Crippen LogP contribution in [0, 0.1) is 29.2 Å². The van der Waals surface area contributed by atoms with Crippen molar-refractivity contribution in [3.63, 3.8) is 0 Å². The number of esters is 3. The average molecular weight is 1920 g/mol. The number of nitrogens with zero attached hydrogens (tertiary/aromatic N) is 3. The van der Waals surface area contributed by atoms with Gasteiger partial charge in [-0.25, -0.2) is 85.1 Å². The van der Waals surface area contributed by atoms with Crippen LogP contribution in [-0.2, 0) is 62.0 Å². The highest BCUT2D eigenvalue weighted by atomic mass is 19.5. The molecular weight excluding hydrogens is 1880 g/mol. The molecule has 2 saturated carbocycles. The van der Waals surface area contributed by atoms with Crippen LogP contribution < -0.4 is 0 Å². The lowest BCUT2D eigenvalue weighted by atomic mass is 9.73. The second-order valence-corrected chi connectivity index (χ2v) is 26.8. The molecule has 12 atom stereocenters. The van der Waals surface area contributed by atoms with Crippen molar-refractivity contribution in [1.29, 1.82) is 0 Å². The molecule has 0 N–H and O–H groups in total. The molecule has 3 heterocycles. The van der Waals surface area contributed by atoms with Crippen LogP contribution in [0.2, 0.25) is 0 Å². The highest BCUT2D eigenvalue weighted by Crippen LogP contribution is 2.63. The lowest BCUT2D eigenvalue weighted by molar-refractivity contribution is -0.428. The Kier molecular flexibility index (Phi) is 28.2. The van der Waals surface area contributed by atoms with Crippen LogP contribution in [0.4, 0.5) is 211 Å². The second kappa shape index (κ2) is 32.5. The Labute approximate surface area is 644 Å². The van der Waals surface area contributed by atoms with E-state index in [1.807, 2.05) is 0 Å². The molecule has 0 aromatic heterocycles. The third-order valence-corrected chi connectivity index (χ3v) is 17.4. The first kappa shape index (κ1) is 107. The van der Waals surface area contributed by atoms with E-state index in [1.54, 1.807) is 0 Å². The zero-order chi connectivity index (χ0) is 97.4. The maximum atomic E-state index is 15.9. The number of alkyl halides is 44. The Hall–Kier alpha value is -8.43. The monoisotopic (exact) mass is 1920 g/mol. The molecule has 3 aliphatic heterocycles. The minimum Gasteiger partial charge on any atom is -0.458 e. The van der Waals surface area contributed by atoms with Crippen molar-refractivity contribution in [1.82, 2.24) is 14.7 Å². The lowest BCUT2D eigenvalue weighted by Gasteiger charge is -2.41. The van der Waals surface area contributed by atoms with Crippen LogP contribution >= 0.6 is 0 Å². The number of rotatable bonds is 24. The molecular formula is C57H39F48N3O15. The Bertz CT molecular complexity index is 4180. The summed E-state index contributed by atoms with van der Waals surface area (Å²) in [4.78, 5) is 108. The fourth-order valence-corrected chi connectivity index (χ4v) is 11.4. The lowest BCUT2D eigenvalue weighted by Crippen LogP contribution is -2.71. The molecule has 708 valence electrons. The largest absolute Gasteiger partial charge is 0.458 e. The number of likely N-dealkylation sites (tertiary alicyclic amines) is 2. The summed E-state index contributed by atoms with van der Waals surface area (Å²) >= 11 is 0. The van der Waals surface area contributed by atoms with Crippen LogP contribution in [0.25, 0.3) is 0 Å². The number of amides is 6. The van der Waals surface area contributed by atoms with E-state index in [1.165, 1.54) is 0 Å². The van der Waals surface area contributed by atoms with E-state index in [9.17, 15) is 232 Å². The number of halogens is 48. The third kappa shape index (κ3) is 19.5. The van der Waals surface area contributed by atoms with Gasteiger partial charge in [0.25, 0.3) is 64.3 Å². The number of carbonyl (C=O) groups excluding carboxylic acids is 9. The number of carbonyl (C=O) groups is 9. The summed E-state index contributed by atoms with van der Waals surface area (Å²) in [6, 6.07) is -7.09. The Morgan fingerprint density at radius 3 is 0.951 bits per heavy atom. The quantitative estimate of drug-likeness (QED) is 0.0179. The standard InChI is InChI=1S/C19H13F18NO5.C19H14F17NO5.C19H12F13NO5/c1-10(20,18(32,33)34)17(31,38-7(39)11(21)3-2-4-12(22,23)16(11,30)8(38)40)9(41)42-6-13(24,19(35,36)37)43-15(28,29)5-14(25,26)27;1-11(20,18(31,32)33)7(37-9(39)12(21)3-2-4-13(22,23)17(12,30)10(37)40)8(38)41-6-14(24,19(34,35)36)42-16(28,29)5-15(25,26)27;1-5(2)12(33-13(34)6-7(14(33)35)9(21)11(23)10(22)8(6)20)15(36)37-4-16(24,19(30,31)32)38-18(28,29)3-17(25,26)27/h2-6H2,1H3;7H,2-6H2,1H3;5,12H,3-4H2,1-2H3/t;7-,11?,12?,14?,17?;12-,16?/m.10/s1. The number of imide groups is 3. The summed E-state index contributed by atoms with van der Waals surface area (Å²) in [7, 11) is 0. The van der Waals surface area contributed by atoms with Gasteiger partial charge in [0.05, 0.1) is 11.1 Å². The topological polar surface area (TPSA) is 219 Å². The molecule has 5 aliphatic rings. The fourth-order valence-electron chi connectivity index (χ4n) is 11.4. The second-order valence-electron chi connectivity index (χ2n) is 26.8. The SMILES string of the molecule is CC(C)[C@@H](C(=O)OCC(F)(OC(F)(F)CC(F)(F)F)C(F)(F)F)N1C(=O)c2c(F)c(F)c(F)c(F)c2C1=O.CC(F)(C(F)(F)F)C(F)(C(=O)OCC(F)(OC(F)(F)CC(F)(F)F)C(F)(F)F)N1C(=O)C2(F)CCCC(F)(F)C2(F)C1=O.CC(F)([C@@H](C(=O)OCC(F)(OC(F)(F)CC(F)(F)F)C(F)(F)F)N1C(=O)C2(F)CCCC(F)(F)C2(F)C1=O)C(F)(F)F. The van der Waals surface area contributed by atoms with Gasteiger partial charge in [-0.1, -0.05) is 13.8 Å². The number of ether oxygens (including phenoxy) is 6. The van der Waals surface area contributed by atoms with Gasteiger partial charge in [-0.2, -0.15) is 145 Å². The van der Waals surface area contributed by atoms with Crippen LogP contribution in [0.5, 0.6) is 0 Å². The molecule has 66 heteroatoms. The number of benzene rings is 1. The van der Waals surface area contributed by atoms with Gasteiger partial charge in [-0.15, -0.1) is 0 Å². The van der Waals surface area contributed by atoms with E-state index in [0.717, 1.165) is 13.8 Å².